The molecule has 0 spiro atoms. The zero-order valence-corrected chi connectivity index (χ0v) is 9.32. The van der Waals surface area contributed by atoms with Gasteiger partial charge in [0.05, 0.1) is 14.0 Å². The van der Waals surface area contributed by atoms with E-state index in [0.717, 1.165) is 5.92 Å². The Bertz CT molecular complexity index is 191. The second-order valence-corrected chi connectivity index (χ2v) is 8.76. The lowest BCUT2D eigenvalue weighted by Crippen LogP contribution is -2.19. The van der Waals surface area contributed by atoms with Gasteiger partial charge in [0.1, 0.15) is 0 Å². The standard InChI is InChI=1S/C8H12Cl2Si/c9-7(10)11-8-3-1-6(5-8)2-4-8/h1,3,6-7H,2,4-5,11H2. The summed E-state index contributed by atoms with van der Waals surface area (Å²) < 4.78 is -0.0449. The average Bonchev–Trinajstić information content (AvgIpc) is 2.43. The number of rotatable bonds is 2. The van der Waals surface area contributed by atoms with Crippen LogP contribution >= 0.6 is 23.2 Å². The van der Waals surface area contributed by atoms with Crippen molar-refractivity contribution in [3.05, 3.63) is 12.2 Å². The lowest BCUT2D eigenvalue weighted by molar-refractivity contribution is 0.697. The van der Waals surface area contributed by atoms with E-state index in [1.165, 1.54) is 19.3 Å². The van der Waals surface area contributed by atoms with E-state index in [9.17, 15) is 0 Å². The number of fused-ring (bicyclic) bond motifs is 2. The molecule has 2 aliphatic rings. The van der Waals surface area contributed by atoms with E-state index in [1.807, 2.05) is 0 Å². The highest BCUT2D eigenvalue weighted by atomic mass is 35.5. The zero-order chi connectivity index (χ0) is 7.90. The van der Waals surface area contributed by atoms with Gasteiger partial charge in [-0.3, -0.25) is 0 Å². The van der Waals surface area contributed by atoms with E-state index >= 15 is 0 Å². The number of halogens is 2. The Hall–Kier alpha value is 0.537. The van der Waals surface area contributed by atoms with Gasteiger partial charge < -0.3 is 0 Å². The van der Waals surface area contributed by atoms with Crippen LogP contribution in [0.25, 0.3) is 0 Å². The second-order valence-electron chi connectivity index (χ2n) is 3.82. The fourth-order valence-corrected chi connectivity index (χ4v) is 6.09. The fraction of sp³-hybridized carbons (Fsp3) is 0.750. The molecule has 0 heterocycles. The molecule has 1 fully saturated rings. The maximum atomic E-state index is 5.84. The van der Waals surface area contributed by atoms with Gasteiger partial charge in [-0.25, -0.2) is 0 Å². The largest absolute Gasteiger partial charge is 0.110 e. The molecular formula is C8H12Cl2Si. The number of hydrogen-bond donors (Lipinski definition) is 0. The van der Waals surface area contributed by atoms with Crippen molar-refractivity contribution in [2.24, 2.45) is 5.92 Å². The summed E-state index contributed by atoms with van der Waals surface area (Å²) in [7, 11) is -0.299. The first-order chi connectivity index (χ1) is 5.20. The van der Waals surface area contributed by atoms with Gasteiger partial charge in [-0.2, -0.15) is 0 Å². The molecule has 0 radical (unpaired) electrons. The molecule has 2 atom stereocenters. The van der Waals surface area contributed by atoms with Crippen molar-refractivity contribution in [2.75, 3.05) is 0 Å². The van der Waals surface area contributed by atoms with Crippen molar-refractivity contribution in [3.63, 3.8) is 0 Å². The third-order valence-corrected chi connectivity index (χ3v) is 5.89. The van der Waals surface area contributed by atoms with E-state index in [4.69, 9.17) is 23.2 Å². The first-order valence-electron chi connectivity index (χ1n) is 4.18. The number of alkyl halides is 2. The van der Waals surface area contributed by atoms with Gasteiger partial charge >= 0.3 is 0 Å². The molecule has 2 unspecified atom stereocenters. The summed E-state index contributed by atoms with van der Waals surface area (Å²) in [5, 5.41) is 0.527. The average molecular weight is 207 g/mol. The first-order valence-corrected chi connectivity index (χ1v) is 6.57. The van der Waals surface area contributed by atoms with Crippen LogP contribution in [0.4, 0.5) is 0 Å². The molecule has 0 saturated heterocycles. The predicted molar refractivity (Wildman–Crippen MR) is 53.2 cm³/mol. The van der Waals surface area contributed by atoms with Crippen molar-refractivity contribution in [2.45, 2.75) is 28.8 Å². The summed E-state index contributed by atoms with van der Waals surface area (Å²) in [6.45, 7) is 0. The Balaban J connectivity index is 2.06. The fourth-order valence-electron chi connectivity index (χ4n) is 2.42. The summed E-state index contributed by atoms with van der Waals surface area (Å²) in [4.78, 5) is 0. The summed E-state index contributed by atoms with van der Waals surface area (Å²) in [6.07, 6.45) is 8.85. The number of hydrogen-bond acceptors (Lipinski definition) is 0. The lowest BCUT2D eigenvalue weighted by atomic mass is 10.1. The Labute approximate surface area is 79.8 Å². The molecule has 1 saturated carbocycles. The van der Waals surface area contributed by atoms with Crippen LogP contribution < -0.4 is 0 Å². The van der Waals surface area contributed by atoms with Crippen LogP contribution in [0.1, 0.15) is 19.3 Å². The Morgan fingerprint density at radius 2 is 2.36 bits per heavy atom. The van der Waals surface area contributed by atoms with Crippen molar-refractivity contribution >= 4 is 32.7 Å². The molecular weight excluding hydrogens is 195 g/mol. The highest BCUT2D eigenvalue weighted by Crippen LogP contribution is 2.54. The third-order valence-electron chi connectivity index (χ3n) is 2.96. The summed E-state index contributed by atoms with van der Waals surface area (Å²) in [6, 6.07) is 0. The summed E-state index contributed by atoms with van der Waals surface area (Å²) >= 11 is 11.7. The van der Waals surface area contributed by atoms with Crippen LogP contribution in [-0.4, -0.2) is 14.0 Å². The molecule has 0 aromatic heterocycles. The van der Waals surface area contributed by atoms with Gasteiger partial charge in [0, 0.05) is 0 Å². The van der Waals surface area contributed by atoms with Crippen molar-refractivity contribution in [1.29, 1.82) is 0 Å². The van der Waals surface area contributed by atoms with Crippen LogP contribution in [0.2, 0.25) is 5.04 Å². The third kappa shape index (κ3) is 1.51. The maximum Gasteiger partial charge on any atom is 0.0917 e. The van der Waals surface area contributed by atoms with Gasteiger partial charge in [-0.15, -0.1) is 23.2 Å². The SMILES string of the molecule is ClC(Cl)[SiH2]C12C=CC(CC1)C2. The molecule has 2 bridgehead atoms. The second kappa shape index (κ2) is 2.79. The Morgan fingerprint density at radius 1 is 1.55 bits per heavy atom. The van der Waals surface area contributed by atoms with E-state index in [1.54, 1.807) is 0 Å². The number of allylic oxidation sites excluding steroid dienone is 2. The predicted octanol–water partition coefficient (Wildman–Crippen LogP) is 2.45. The van der Waals surface area contributed by atoms with E-state index < -0.39 is 0 Å². The minimum atomic E-state index is -0.299. The van der Waals surface area contributed by atoms with Crippen LogP contribution in [0.5, 0.6) is 0 Å². The van der Waals surface area contributed by atoms with Crippen LogP contribution in [0.15, 0.2) is 12.2 Å². The monoisotopic (exact) mass is 206 g/mol. The smallest absolute Gasteiger partial charge is 0.0917 e. The van der Waals surface area contributed by atoms with E-state index in [-0.39, 0.29) is 14.0 Å². The topological polar surface area (TPSA) is 0 Å². The molecule has 0 N–H and O–H groups in total. The van der Waals surface area contributed by atoms with Gasteiger partial charge in [0.15, 0.2) is 0 Å². The van der Waals surface area contributed by atoms with Crippen molar-refractivity contribution < 1.29 is 0 Å². The minimum Gasteiger partial charge on any atom is -0.110 e. The molecule has 62 valence electrons. The molecule has 11 heavy (non-hydrogen) atoms. The van der Waals surface area contributed by atoms with Gasteiger partial charge in [-0.1, -0.05) is 12.2 Å². The van der Waals surface area contributed by atoms with E-state index in [2.05, 4.69) is 12.2 Å². The van der Waals surface area contributed by atoms with Gasteiger partial charge in [-0.05, 0) is 30.2 Å². The Kier molecular flexibility index (Phi) is 2.07. The van der Waals surface area contributed by atoms with Crippen LogP contribution in [0, 0.1) is 5.92 Å². The molecule has 0 aromatic rings. The van der Waals surface area contributed by atoms with Crippen molar-refractivity contribution in [3.8, 4) is 0 Å². The molecule has 0 aliphatic heterocycles. The Morgan fingerprint density at radius 3 is 2.73 bits per heavy atom. The van der Waals surface area contributed by atoms with Gasteiger partial charge in [0.2, 0.25) is 0 Å². The minimum absolute atomic E-state index is 0.0449. The highest BCUT2D eigenvalue weighted by Gasteiger charge is 2.41. The van der Waals surface area contributed by atoms with Crippen LogP contribution in [-0.2, 0) is 0 Å². The highest BCUT2D eigenvalue weighted by molar-refractivity contribution is 6.70. The molecule has 2 rings (SSSR count). The molecule has 0 nitrogen and oxygen atoms in total. The molecule has 0 aromatic carbocycles. The van der Waals surface area contributed by atoms with Gasteiger partial charge in [0.25, 0.3) is 0 Å². The lowest BCUT2D eigenvalue weighted by Gasteiger charge is -2.22. The normalized spacial score (nSPS) is 41.9. The zero-order valence-electron chi connectivity index (χ0n) is 6.39. The quantitative estimate of drug-likeness (QED) is 0.370. The van der Waals surface area contributed by atoms with Crippen LogP contribution in [0.3, 0.4) is 0 Å². The first kappa shape index (κ1) is 8.15. The van der Waals surface area contributed by atoms with E-state index in [0.29, 0.717) is 5.04 Å². The molecule has 2 aliphatic carbocycles. The molecule has 0 amide bonds. The maximum absolute atomic E-state index is 5.84. The molecule has 3 heteroatoms. The summed E-state index contributed by atoms with van der Waals surface area (Å²) in [5.74, 6) is 0.870. The van der Waals surface area contributed by atoms with Crippen molar-refractivity contribution in [1.82, 2.24) is 0 Å². The summed E-state index contributed by atoms with van der Waals surface area (Å²) in [5.41, 5.74) is 0.